The summed E-state index contributed by atoms with van der Waals surface area (Å²) in [6.07, 6.45) is 1.89. The molecule has 9 heteroatoms. The Balaban J connectivity index is 2.00. The lowest BCUT2D eigenvalue weighted by molar-refractivity contribution is -0.115. The molecule has 0 unspecified atom stereocenters. The molecule has 2 aromatic rings. The van der Waals surface area contributed by atoms with Crippen molar-refractivity contribution in [2.75, 3.05) is 11.6 Å². The fourth-order valence-corrected chi connectivity index (χ4v) is 3.94. The van der Waals surface area contributed by atoms with E-state index in [1.807, 2.05) is 6.26 Å². The van der Waals surface area contributed by atoms with E-state index in [9.17, 15) is 13.6 Å². The molecule has 0 saturated heterocycles. The molecule has 0 spiro atoms. The number of thioether (sulfide) groups is 2. The zero-order valence-electron chi connectivity index (χ0n) is 11.1. The van der Waals surface area contributed by atoms with Crippen LogP contribution in [0, 0.1) is 11.6 Å². The first kappa shape index (κ1) is 16.2. The number of carbonyl (C=O) groups is 1. The van der Waals surface area contributed by atoms with Crippen molar-refractivity contribution in [1.82, 2.24) is 10.2 Å². The van der Waals surface area contributed by atoms with E-state index in [1.165, 1.54) is 34.9 Å². The SMILES string of the molecule is CSc1nnc(S[C@H](C)C(=O)Nc2cc(F)ccc2F)s1. The molecule has 1 aromatic heterocycles. The average Bonchev–Trinajstić information content (AvgIpc) is 2.90. The Morgan fingerprint density at radius 2 is 2.05 bits per heavy atom. The van der Waals surface area contributed by atoms with Crippen molar-refractivity contribution in [3.8, 4) is 0 Å². The molecule has 1 aromatic carbocycles. The van der Waals surface area contributed by atoms with E-state index in [-0.39, 0.29) is 5.69 Å². The average molecular weight is 347 g/mol. The Kier molecular flexibility index (Phi) is 5.54. The fraction of sp³-hybridized carbons (Fsp3) is 0.250. The van der Waals surface area contributed by atoms with Gasteiger partial charge < -0.3 is 5.32 Å². The highest BCUT2D eigenvalue weighted by molar-refractivity contribution is 8.03. The molecule has 0 radical (unpaired) electrons. The van der Waals surface area contributed by atoms with Crippen molar-refractivity contribution in [1.29, 1.82) is 0 Å². The van der Waals surface area contributed by atoms with E-state index in [2.05, 4.69) is 15.5 Å². The van der Waals surface area contributed by atoms with E-state index < -0.39 is 22.8 Å². The molecule has 4 nitrogen and oxygen atoms in total. The highest BCUT2D eigenvalue weighted by atomic mass is 32.2. The van der Waals surface area contributed by atoms with Crippen LogP contribution >= 0.6 is 34.9 Å². The highest BCUT2D eigenvalue weighted by Gasteiger charge is 2.18. The molecular weight excluding hydrogens is 336 g/mol. The monoisotopic (exact) mass is 347 g/mol. The predicted molar refractivity (Wildman–Crippen MR) is 82.0 cm³/mol. The maximum absolute atomic E-state index is 13.5. The largest absolute Gasteiger partial charge is 0.323 e. The van der Waals surface area contributed by atoms with E-state index >= 15 is 0 Å². The number of carbonyl (C=O) groups excluding carboxylic acids is 1. The second kappa shape index (κ2) is 7.19. The van der Waals surface area contributed by atoms with Gasteiger partial charge in [0.1, 0.15) is 11.6 Å². The number of anilines is 1. The summed E-state index contributed by atoms with van der Waals surface area (Å²) >= 11 is 4.07. The van der Waals surface area contributed by atoms with Gasteiger partial charge in [-0.15, -0.1) is 10.2 Å². The lowest BCUT2D eigenvalue weighted by Gasteiger charge is -2.10. The van der Waals surface area contributed by atoms with Crippen LogP contribution in [0.3, 0.4) is 0 Å². The van der Waals surface area contributed by atoms with Crippen molar-refractivity contribution < 1.29 is 13.6 Å². The van der Waals surface area contributed by atoms with Crippen molar-refractivity contribution in [3.63, 3.8) is 0 Å². The fourth-order valence-electron chi connectivity index (χ4n) is 1.36. The third-order valence-electron chi connectivity index (χ3n) is 2.40. The number of halogens is 2. The van der Waals surface area contributed by atoms with Crippen LogP contribution < -0.4 is 5.32 Å². The topological polar surface area (TPSA) is 54.9 Å². The van der Waals surface area contributed by atoms with Crippen molar-refractivity contribution in [3.05, 3.63) is 29.8 Å². The van der Waals surface area contributed by atoms with Crippen molar-refractivity contribution in [2.45, 2.75) is 20.9 Å². The van der Waals surface area contributed by atoms with Crippen LogP contribution in [0.4, 0.5) is 14.5 Å². The molecule has 0 aliphatic carbocycles. The minimum absolute atomic E-state index is 0.172. The zero-order valence-corrected chi connectivity index (χ0v) is 13.5. The van der Waals surface area contributed by atoms with Crippen LogP contribution in [0.1, 0.15) is 6.92 Å². The summed E-state index contributed by atoms with van der Waals surface area (Å²) in [4.78, 5) is 12.0. The van der Waals surface area contributed by atoms with Gasteiger partial charge in [0.2, 0.25) is 5.91 Å². The van der Waals surface area contributed by atoms with E-state index in [0.29, 0.717) is 4.34 Å². The Morgan fingerprint density at radius 1 is 1.33 bits per heavy atom. The summed E-state index contributed by atoms with van der Waals surface area (Å²) in [6, 6.07) is 2.91. The number of nitrogens with zero attached hydrogens (tertiary/aromatic N) is 2. The molecule has 1 atom stereocenters. The van der Waals surface area contributed by atoms with Crippen LogP contribution in [0.2, 0.25) is 0 Å². The number of hydrogen-bond acceptors (Lipinski definition) is 6. The van der Waals surface area contributed by atoms with Crippen molar-refractivity contribution >= 4 is 46.5 Å². The molecule has 1 N–H and O–H groups in total. The van der Waals surface area contributed by atoms with Gasteiger partial charge in [-0.05, 0) is 25.3 Å². The second-order valence-corrected chi connectivity index (χ2v) is 7.53. The lowest BCUT2D eigenvalue weighted by atomic mass is 10.3. The van der Waals surface area contributed by atoms with Gasteiger partial charge in [-0.2, -0.15) is 0 Å². The molecule has 0 saturated carbocycles. The standard InChI is InChI=1S/C12H11F2N3OS3/c1-6(20-12-17-16-11(19-2)21-12)10(18)15-9-5-7(13)3-4-8(9)14/h3-6H,1-2H3,(H,15,18)/t6-/m1/s1. The van der Waals surface area contributed by atoms with Gasteiger partial charge >= 0.3 is 0 Å². The molecule has 0 aliphatic rings. The molecule has 0 aliphatic heterocycles. The van der Waals surface area contributed by atoms with Gasteiger partial charge in [-0.1, -0.05) is 34.9 Å². The maximum atomic E-state index is 13.5. The van der Waals surface area contributed by atoms with Crippen LogP contribution in [-0.2, 0) is 4.79 Å². The number of nitrogens with one attached hydrogen (secondary N) is 1. The molecule has 1 heterocycles. The lowest BCUT2D eigenvalue weighted by Crippen LogP contribution is -2.23. The molecule has 1 amide bonds. The number of benzene rings is 1. The Morgan fingerprint density at radius 3 is 2.71 bits per heavy atom. The van der Waals surface area contributed by atoms with Gasteiger partial charge in [0.05, 0.1) is 10.9 Å². The van der Waals surface area contributed by atoms with Crippen LogP contribution in [0.25, 0.3) is 0 Å². The summed E-state index contributed by atoms with van der Waals surface area (Å²) in [7, 11) is 0. The summed E-state index contributed by atoms with van der Waals surface area (Å²) in [6.45, 7) is 1.66. The van der Waals surface area contributed by atoms with Crippen molar-refractivity contribution in [2.24, 2.45) is 0 Å². The summed E-state index contributed by atoms with van der Waals surface area (Å²) in [5.41, 5.74) is -0.172. The smallest absolute Gasteiger partial charge is 0.237 e. The number of aromatic nitrogens is 2. The first-order chi connectivity index (χ1) is 9.99. The van der Waals surface area contributed by atoms with E-state index in [1.54, 1.807) is 6.92 Å². The first-order valence-electron chi connectivity index (χ1n) is 5.79. The minimum atomic E-state index is -0.678. The zero-order chi connectivity index (χ0) is 15.4. The van der Waals surface area contributed by atoms with Crippen LogP contribution in [0.15, 0.2) is 26.9 Å². The summed E-state index contributed by atoms with van der Waals surface area (Å²) < 4.78 is 28.0. The van der Waals surface area contributed by atoms with E-state index in [0.717, 1.165) is 22.5 Å². The normalized spacial score (nSPS) is 12.2. The third-order valence-corrected chi connectivity index (χ3v) is 5.48. The van der Waals surface area contributed by atoms with E-state index in [4.69, 9.17) is 0 Å². The molecule has 112 valence electrons. The molecular formula is C12H11F2N3OS3. The van der Waals surface area contributed by atoms with Crippen LogP contribution in [0.5, 0.6) is 0 Å². The highest BCUT2D eigenvalue weighted by Crippen LogP contribution is 2.30. The Bertz CT molecular complexity index is 650. The van der Waals surface area contributed by atoms with Gasteiger partial charge in [0.25, 0.3) is 0 Å². The second-order valence-electron chi connectivity index (χ2n) is 3.91. The van der Waals surface area contributed by atoms with Gasteiger partial charge in [-0.25, -0.2) is 8.78 Å². The third kappa shape index (κ3) is 4.39. The quantitative estimate of drug-likeness (QED) is 0.837. The molecule has 2 rings (SSSR count). The van der Waals surface area contributed by atoms with Crippen LogP contribution in [-0.4, -0.2) is 27.6 Å². The maximum Gasteiger partial charge on any atom is 0.237 e. The molecule has 0 fully saturated rings. The van der Waals surface area contributed by atoms with Gasteiger partial charge in [0.15, 0.2) is 8.68 Å². The minimum Gasteiger partial charge on any atom is -0.323 e. The van der Waals surface area contributed by atoms with Gasteiger partial charge in [0, 0.05) is 6.07 Å². The number of amides is 1. The summed E-state index contributed by atoms with van der Waals surface area (Å²) in [5.74, 6) is -1.71. The first-order valence-corrected chi connectivity index (χ1v) is 8.71. The predicted octanol–water partition coefficient (Wildman–Crippen LogP) is 3.66. The molecule has 0 bridgehead atoms. The number of hydrogen-bond donors (Lipinski definition) is 1. The Labute approximate surface area is 132 Å². The van der Waals surface area contributed by atoms with Gasteiger partial charge in [-0.3, -0.25) is 4.79 Å². The number of rotatable bonds is 5. The Hall–Kier alpha value is -1.19. The summed E-state index contributed by atoms with van der Waals surface area (Å²) in [5, 5.41) is 9.73. The molecule has 21 heavy (non-hydrogen) atoms.